The summed E-state index contributed by atoms with van der Waals surface area (Å²) in [6.45, 7) is 0.815. The lowest BCUT2D eigenvalue weighted by Gasteiger charge is -2.09. The van der Waals surface area contributed by atoms with Gasteiger partial charge in [0.05, 0.1) is 12.6 Å². The van der Waals surface area contributed by atoms with Crippen LogP contribution >= 0.6 is 23.7 Å². The fraction of sp³-hybridized carbons (Fsp3) is 0.625. The van der Waals surface area contributed by atoms with Crippen molar-refractivity contribution in [3.05, 3.63) is 0 Å². The summed E-state index contributed by atoms with van der Waals surface area (Å²) in [5.74, 6) is 0.0893. The number of carbonyl (C=O) groups excluding carboxylic acids is 1. The van der Waals surface area contributed by atoms with Crippen LogP contribution in [-0.4, -0.2) is 40.1 Å². The Balaban J connectivity index is 2.20. The minimum absolute atomic E-state index is 0.00339. The molecule has 15 heavy (non-hydrogen) atoms. The number of aldehydes is 1. The molecule has 0 aromatic carbocycles. The van der Waals surface area contributed by atoms with E-state index in [0.717, 1.165) is 23.0 Å². The smallest absolute Gasteiger partial charge is 0.303 e. The number of carboxylic acids is 1. The average molecular weight is 248 g/mol. The van der Waals surface area contributed by atoms with E-state index in [1.165, 1.54) is 11.9 Å². The minimum Gasteiger partial charge on any atom is -0.481 e. The molecule has 0 bridgehead atoms. The van der Waals surface area contributed by atoms with Crippen molar-refractivity contribution >= 4 is 40.3 Å². The molecule has 0 aromatic heterocycles. The number of carboxylic acid groups (broad SMARTS) is 1. The van der Waals surface area contributed by atoms with Crippen LogP contribution in [0.15, 0.2) is 4.99 Å². The quantitative estimate of drug-likeness (QED) is 0.533. The Morgan fingerprint density at radius 2 is 2.60 bits per heavy atom. The maximum Gasteiger partial charge on any atom is 0.303 e. The second-order valence-corrected chi connectivity index (χ2v) is 5.06. The Kier molecular flexibility index (Phi) is 5.74. The highest BCUT2D eigenvalue weighted by Crippen LogP contribution is 2.20. The molecular formula is C8H12N2O3S2. The van der Waals surface area contributed by atoms with Crippen LogP contribution in [0.2, 0.25) is 0 Å². The van der Waals surface area contributed by atoms with Crippen molar-refractivity contribution in [2.75, 3.05) is 12.3 Å². The molecule has 5 nitrogen and oxygen atoms in total. The highest BCUT2D eigenvalue weighted by Gasteiger charge is 2.13. The molecule has 1 aliphatic heterocycles. The number of rotatable bonds is 6. The number of aliphatic carboxylic acids is 1. The molecular weight excluding hydrogens is 236 g/mol. The van der Waals surface area contributed by atoms with Crippen molar-refractivity contribution in [2.45, 2.75) is 18.9 Å². The van der Waals surface area contributed by atoms with Gasteiger partial charge in [-0.25, -0.2) is 4.72 Å². The van der Waals surface area contributed by atoms with Crippen LogP contribution in [-0.2, 0) is 9.59 Å². The molecule has 0 aromatic rings. The van der Waals surface area contributed by atoms with E-state index >= 15 is 0 Å². The lowest BCUT2D eigenvalue weighted by atomic mass is 10.2. The molecule has 0 unspecified atom stereocenters. The Labute approximate surface area is 96.2 Å². The molecule has 7 heteroatoms. The van der Waals surface area contributed by atoms with Gasteiger partial charge in [0.15, 0.2) is 0 Å². The first-order valence-corrected chi connectivity index (χ1v) is 6.29. The van der Waals surface area contributed by atoms with Crippen molar-refractivity contribution in [2.24, 2.45) is 4.99 Å². The summed E-state index contributed by atoms with van der Waals surface area (Å²) in [7, 11) is 0. The van der Waals surface area contributed by atoms with Crippen LogP contribution < -0.4 is 4.72 Å². The molecule has 1 aliphatic rings. The molecule has 1 heterocycles. The zero-order chi connectivity index (χ0) is 11.1. The van der Waals surface area contributed by atoms with Crippen LogP contribution in [0.5, 0.6) is 0 Å². The Hall–Kier alpha value is -0.530. The number of hydrogen-bond donors (Lipinski definition) is 2. The maximum absolute atomic E-state index is 10.6. The molecule has 0 amide bonds. The van der Waals surface area contributed by atoms with Gasteiger partial charge in [-0.1, -0.05) is 11.8 Å². The molecule has 0 saturated heterocycles. The highest BCUT2D eigenvalue weighted by atomic mass is 32.2. The number of aliphatic imine (C=N–C) groups is 1. The summed E-state index contributed by atoms with van der Waals surface area (Å²) >= 11 is 2.94. The maximum atomic E-state index is 10.6. The standard InChI is InChI=1S/C8H12N2O3S2/c11-5-6(1-2-7(12)13)10-15-8-9-3-4-14-8/h5-6,10H,1-4H2,(H,12,13)/t6-/m0/s1. The summed E-state index contributed by atoms with van der Waals surface area (Å²) in [5, 5.41) is 8.46. The molecule has 0 radical (unpaired) electrons. The van der Waals surface area contributed by atoms with Gasteiger partial charge in [0.25, 0.3) is 0 Å². The average Bonchev–Trinajstić information content (AvgIpc) is 2.70. The van der Waals surface area contributed by atoms with Crippen molar-refractivity contribution in [3.63, 3.8) is 0 Å². The summed E-state index contributed by atoms with van der Waals surface area (Å²) in [5.41, 5.74) is 0. The number of hydrogen-bond acceptors (Lipinski definition) is 6. The van der Waals surface area contributed by atoms with E-state index in [0.29, 0.717) is 6.42 Å². The number of carbonyl (C=O) groups is 2. The molecule has 0 spiro atoms. The molecule has 1 atom stereocenters. The first kappa shape index (κ1) is 12.5. The van der Waals surface area contributed by atoms with E-state index in [4.69, 9.17) is 5.11 Å². The third-order valence-corrected chi connectivity index (χ3v) is 3.78. The van der Waals surface area contributed by atoms with Crippen LogP contribution in [0.1, 0.15) is 12.8 Å². The first-order chi connectivity index (χ1) is 7.22. The summed E-state index contributed by atoms with van der Waals surface area (Å²) < 4.78 is 3.81. The third-order valence-electron chi connectivity index (χ3n) is 1.69. The summed E-state index contributed by atoms with van der Waals surface area (Å²) in [6, 6.07) is -0.421. The monoisotopic (exact) mass is 248 g/mol. The number of thioether (sulfide) groups is 1. The Morgan fingerprint density at radius 1 is 1.80 bits per heavy atom. The normalized spacial score (nSPS) is 17.2. The van der Waals surface area contributed by atoms with E-state index in [9.17, 15) is 9.59 Å². The van der Waals surface area contributed by atoms with Crippen molar-refractivity contribution < 1.29 is 14.7 Å². The fourth-order valence-electron chi connectivity index (χ4n) is 0.937. The molecule has 0 fully saturated rings. The van der Waals surface area contributed by atoms with Gasteiger partial charge in [-0.05, 0) is 18.4 Å². The second kappa shape index (κ2) is 6.86. The second-order valence-electron chi connectivity index (χ2n) is 2.89. The zero-order valence-corrected chi connectivity index (χ0v) is 9.64. The molecule has 84 valence electrons. The van der Waals surface area contributed by atoms with Crippen LogP contribution in [0, 0.1) is 0 Å². The number of nitrogens with zero attached hydrogens (tertiary/aromatic N) is 1. The van der Waals surface area contributed by atoms with Gasteiger partial charge in [-0.3, -0.25) is 9.79 Å². The van der Waals surface area contributed by atoms with Gasteiger partial charge in [0.1, 0.15) is 10.7 Å². The fourth-order valence-corrected chi connectivity index (χ4v) is 2.69. The van der Waals surface area contributed by atoms with Gasteiger partial charge in [0.2, 0.25) is 0 Å². The van der Waals surface area contributed by atoms with Crippen LogP contribution in [0.25, 0.3) is 0 Å². The van der Waals surface area contributed by atoms with Crippen molar-refractivity contribution in [1.82, 2.24) is 4.72 Å². The predicted octanol–water partition coefficient (Wildman–Crippen LogP) is 0.759. The summed E-state index contributed by atoms with van der Waals surface area (Å²) in [6.07, 6.45) is 1.04. The molecule has 0 aliphatic carbocycles. The topological polar surface area (TPSA) is 78.8 Å². The minimum atomic E-state index is -0.888. The van der Waals surface area contributed by atoms with Crippen LogP contribution in [0.3, 0.4) is 0 Å². The van der Waals surface area contributed by atoms with Gasteiger partial charge in [-0.2, -0.15) is 0 Å². The van der Waals surface area contributed by atoms with Gasteiger partial charge < -0.3 is 9.90 Å². The Morgan fingerprint density at radius 3 is 3.13 bits per heavy atom. The Bertz CT molecular complexity index is 271. The third kappa shape index (κ3) is 5.19. The molecule has 2 N–H and O–H groups in total. The van der Waals surface area contributed by atoms with Gasteiger partial charge >= 0.3 is 5.97 Å². The van der Waals surface area contributed by atoms with E-state index < -0.39 is 12.0 Å². The van der Waals surface area contributed by atoms with Gasteiger partial charge in [-0.15, -0.1) is 0 Å². The largest absolute Gasteiger partial charge is 0.481 e. The van der Waals surface area contributed by atoms with E-state index in [2.05, 4.69) is 9.71 Å². The highest BCUT2D eigenvalue weighted by molar-refractivity contribution is 8.38. The van der Waals surface area contributed by atoms with E-state index in [1.807, 2.05) is 0 Å². The number of nitrogens with one attached hydrogen (secondary N) is 1. The van der Waals surface area contributed by atoms with Crippen molar-refractivity contribution in [1.29, 1.82) is 0 Å². The lowest BCUT2D eigenvalue weighted by molar-refractivity contribution is -0.137. The lowest BCUT2D eigenvalue weighted by Crippen LogP contribution is -2.26. The van der Waals surface area contributed by atoms with E-state index in [-0.39, 0.29) is 6.42 Å². The van der Waals surface area contributed by atoms with Crippen LogP contribution in [0.4, 0.5) is 0 Å². The zero-order valence-electron chi connectivity index (χ0n) is 8.01. The first-order valence-electron chi connectivity index (χ1n) is 4.49. The van der Waals surface area contributed by atoms with Gasteiger partial charge in [0, 0.05) is 12.2 Å². The van der Waals surface area contributed by atoms with Crippen molar-refractivity contribution in [3.8, 4) is 0 Å². The SMILES string of the molecule is O=C[C@H](CCC(=O)O)NSC1=NCCS1. The predicted molar refractivity (Wildman–Crippen MR) is 62.2 cm³/mol. The molecule has 1 rings (SSSR count). The summed E-state index contributed by atoms with van der Waals surface area (Å²) in [4.78, 5) is 25.1. The molecule has 0 saturated carbocycles. The van der Waals surface area contributed by atoms with E-state index in [1.54, 1.807) is 11.8 Å².